The number of benzene rings is 1. The van der Waals surface area contributed by atoms with Crippen LogP contribution in [0, 0.1) is 5.92 Å². The molecule has 1 fully saturated rings. The third-order valence-electron chi connectivity index (χ3n) is 3.14. The van der Waals surface area contributed by atoms with Gasteiger partial charge in [0, 0.05) is 5.56 Å². The molecule has 5 heteroatoms. The molecule has 1 unspecified atom stereocenters. The van der Waals surface area contributed by atoms with Crippen LogP contribution in [0.3, 0.4) is 0 Å². The molecule has 94 valence electrons. The molecule has 1 aromatic rings. The Labute approximate surface area is 104 Å². The molecule has 1 N–H and O–H groups in total. The molecular weight excluding hydrogens is 234 g/mol. The van der Waals surface area contributed by atoms with E-state index in [-0.39, 0.29) is 5.78 Å². The molecule has 2 amide bonds. The van der Waals surface area contributed by atoms with Gasteiger partial charge in [-0.05, 0) is 6.92 Å². The Kier molecular flexibility index (Phi) is 3.25. The summed E-state index contributed by atoms with van der Waals surface area (Å²) in [6.07, 6.45) is -0.612. The molecular formula is C13H13NO4. The van der Waals surface area contributed by atoms with Crippen molar-refractivity contribution in [3.63, 3.8) is 0 Å². The van der Waals surface area contributed by atoms with Crippen LogP contribution in [0.5, 0.6) is 0 Å². The Bertz CT molecular complexity index is 483. The SMILES string of the molecule is CC(O)[C@H]1C(=O)N(C=O)[C@@H]1C(=O)c1ccccc1. The molecule has 0 aliphatic carbocycles. The van der Waals surface area contributed by atoms with Gasteiger partial charge in [0.15, 0.2) is 5.78 Å². The molecule has 3 atom stereocenters. The molecule has 1 aromatic carbocycles. The first-order valence-electron chi connectivity index (χ1n) is 5.62. The van der Waals surface area contributed by atoms with E-state index < -0.39 is 24.0 Å². The number of hydrogen-bond acceptors (Lipinski definition) is 4. The summed E-state index contributed by atoms with van der Waals surface area (Å²) in [6.45, 7) is 1.44. The van der Waals surface area contributed by atoms with Crippen molar-refractivity contribution in [2.45, 2.75) is 19.1 Å². The van der Waals surface area contributed by atoms with Crippen LogP contribution in [0.25, 0.3) is 0 Å². The van der Waals surface area contributed by atoms with Crippen molar-refractivity contribution < 1.29 is 19.5 Å². The van der Waals surface area contributed by atoms with E-state index in [1.807, 2.05) is 0 Å². The lowest BCUT2D eigenvalue weighted by atomic mass is 9.79. The molecule has 0 aromatic heterocycles. The van der Waals surface area contributed by atoms with E-state index in [4.69, 9.17) is 0 Å². The number of aliphatic hydroxyl groups excluding tert-OH is 1. The van der Waals surface area contributed by atoms with Crippen molar-refractivity contribution in [3.05, 3.63) is 35.9 Å². The number of carbonyl (C=O) groups excluding carboxylic acids is 3. The standard InChI is InChI=1S/C13H13NO4/c1-8(16)10-11(14(7-15)13(10)18)12(17)9-5-3-2-4-6-9/h2-8,10-11,16H,1H3/t8?,10-,11+/m1/s1. The Balaban J connectivity index is 2.28. The maximum absolute atomic E-state index is 12.2. The van der Waals surface area contributed by atoms with Gasteiger partial charge in [0.1, 0.15) is 6.04 Å². The highest BCUT2D eigenvalue weighted by atomic mass is 16.3. The summed E-state index contributed by atoms with van der Waals surface area (Å²) in [7, 11) is 0. The van der Waals surface area contributed by atoms with Gasteiger partial charge in [0.25, 0.3) is 0 Å². The topological polar surface area (TPSA) is 74.7 Å². The minimum absolute atomic E-state index is 0.326. The van der Waals surface area contributed by atoms with Crippen LogP contribution < -0.4 is 0 Å². The van der Waals surface area contributed by atoms with Crippen molar-refractivity contribution in [2.24, 2.45) is 5.92 Å². The number of hydrogen-bond donors (Lipinski definition) is 1. The second-order valence-corrected chi connectivity index (χ2v) is 4.29. The smallest absolute Gasteiger partial charge is 0.237 e. The predicted molar refractivity (Wildman–Crippen MR) is 62.6 cm³/mol. The number of nitrogens with zero attached hydrogens (tertiary/aromatic N) is 1. The van der Waals surface area contributed by atoms with E-state index in [0.29, 0.717) is 12.0 Å². The lowest BCUT2D eigenvalue weighted by Gasteiger charge is -2.43. The Morgan fingerprint density at radius 1 is 1.39 bits per heavy atom. The molecule has 2 rings (SSSR count). The summed E-state index contributed by atoms with van der Waals surface area (Å²) in [6, 6.07) is 7.52. The summed E-state index contributed by atoms with van der Waals surface area (Å²) < 4.78 is 0. The number of carbonyl (C=O) groups is 3. The van der Waals surface area contributed by atoms with Crippen LogP contribution in [-0.2, 0) is 9.59 Å². The molecule has 1 saturated heterocycles. The summed E-state index contributed by atoms with van der Waals surface area (Å²) >= 11 is 0. The number of likely N-dealkylation sites (tertiary alicyclic amines) is 1. The lowest BCUT2D eigenvalue weighted by molar-refractivity contribution is -0.163. The Morgan fingerprint density at radius 2 is 2.00 bits per heavy atom. The maximum Gasteiger partial charge on any atom is 0.237 e. The fourth-order valence-electron chi connectivity index (χ4n) is 2.19. The van der Waals surface area contributed by atoms with Crippen molar-refractivity contribution in [3.8, 4) is 0 Å². The number of β-lactam (4-membered cyclic amide) rings is 1. The minimum Gasteiger partial charge on any atom is -0.392 e. The molecule has 1 aliphatic heterocycles. The molecule has 1 heterocycles. The van der Waals surface area contributed by atoms with Crippen LogP contribution in [0.4, 0.5) is 0 Å². The van der Waals surface area contributed by atoms with Gasteiger partial charge in [0.2, 0.25) is 12.3 Å². The zero-order valence-electron chi connectivity index (χ0n) is 9.82. The number of imide groups is 1. The maximum atomic E-state index is 12.2. The number of aliphatic hydroxyl groups is 1. The van der Waals surface area contributed by atoms with E-state index in [9.17, 15) is 19.5 Å². The monoisotopic (exact) mass is 247 g/mol. The minimum atomic E-state index is -0.952. The largest absolute Gasteiger partial charge is 0.392 e. The third-order valence-corrected chi connectivity index (χ3v) is 3.14. The first-order valence-corrected chi connectivity index (χ1v) is 5.62. The van der Waals surface area contributed by atoms with Crippen LogP contribution in [0.2, 0.25) is 0 Å². The van der Waals surface area contributed by atoms with E-state index >= 15 is 0 Å². The summed E-state index contributed by atoms with van der Waals surface area (Å²) in [5.41, 5.74) is 0.424. The van der Waals surface area contributed by atoms with Gasteiger partial charge >= 0.3 is 0 Å². The van der Waals surface area contributed by atoms with E-state index in [1.165, 1.54) is 6.92 Å². The van der Waals surface area contributed by atoms with Crippen LogP contribution in [-0.4, -0.2) is 40.3 Å². The first kappa shape index (κ1) is 12.4. The molecule has 5 nitrogen and oxygen atoms in total. The number of Topliss-reactive ketones (excluding diaryl/α,β-unsaturated/α-hetero) is 1. The highest BCUT2D eigenvalue weighted by Crippen LogP contribution is 2.30. The van der Waals surface area contributed by atoms with Crippen molar-refractivity contribution in [1.82, 2.24) is 4.90 Å². The summed E-state index contributed by atoms with van der Waals surface area (Å²) in [4.78, 5) is 35.4. The summed E-state index contributed by atoms with van der Waals surface area (Å²) in [5, 5.41) is 9.51. The van der Waals surface area contributed by atoms with Crippen molar-refractivity contribution in [2.75, 3.05) is 0 Å². The zero-order valence-corrected chi connectivity index (χ0v) is 9.82. The zero-order chi connectivity index (χ0) is 13.3. The molecule has 0 bridgehead atoms. The molecule has 0 radical (unpaired) electrons. The van der Waals surface area contributed by atoms with Crippen LogP contribution in [0.1, 0.15) is 17.3 Å². The number of rotatable bonds is 4. The Morgan fingerprint density at radius 3 is 2.50 bits per heavy atom. The van der Waals surface area contributed by atoms with Crippen LogP contribution >= 0.6 is 0 Å². The van der Waals surface area contributed by atoms with Crippen LogP contribution in [0.15, 0.2) is 30.3 Å². The quantitative estimate of drug-likeness (QED) is 0.469. The molecule has 18 heavy (non-hydrogen) atoms. The fraction of sp³-hybridized carbons (Fsp3) is 0.308. The van der Waals surface area contributed by atoms with Crippen molar-refractivity contribution >= 4 is 18.1 Å². The van der Waals surface area contributed by atoms with Crippen molar-refractivity contribution in [1.29, 1.82) is 0 Å². The lowest BCUT2D eigenvalue weighted by Crippen LogP contribution is -2.66. The average molecular weight is 247 g/mol. The van der Waals surface area contributed by atoms with E-state index in [0.717, 1.165) is 4.90 Å². The molecule has 0 spiro atoms. The molecule has 0 saturated carbocycles. The first-order chi connectivity index (χ1) is 8.57. The van der Waals surface area contributed by atoms with Gasteiger partial charge in [-0.3, -0.25) is 19.3 Å². The Hall–Kier alpha value is -2.01. The third kappa shape index (κ3) is 1.82. The van der Waals surface area contributed by atoms with Gasteiger partial charge in [0.05, 0.1) is 12.0 Å². The van der Waals surface area contributed by atoms with Gasteiger partial charge < -0.3 is 5.11 Å². The van der Waals surface area contributed by atoms with Gasteiger partial charge in [-0.2, -0.15) is 0 Å². The number of amides is 2. The highest BCUT2D eigenvalue weighted by Gasteiger charge is 2.53. The highest BCUT2D eigenvalue weighted by molar-refractivity contribution is 6.11. The van der Waals surface area contributed by atoms with E-state index in [1.54, 1.807) is 30.3 Å². The van der Waals surface area contributed by atoms with E-state index in [2.05, 4.69) is 0 Å². The fourth-order valence-corrected chi connectivity index (χ4v) is 2.19. The average Bonchev–Trinajstić information content (AvgIpc) is 2.36. The molecule has 1 aliphatic rings. The second kappa shape index (κ2) is 4.70. The van der Waals surface area contributed by atoms with Gasteiger partial charge in [-0.1, -0.05) is 30.3 Å². The second-order valence-electron chi connectivity index (χ2n) is 4.29. The summed E-state index contributed by atoms with van der Waals surface area (Å²) in [5.74, 6) is -1.66. The van der Waals surface area contributed by atoms with Gasteiger partial charge in [-0.15, -0.1) is 0 Å². The predicted octanol–water partition coefficient (Wildman–Crippen LogP) is 0.233. The normalized spacial score (nSPS) is 24.3. The number of ketones is 1. The van der Waals surface area contributed by atoms with Gasteiger partial charge in [-0.25, -0.2) is 0 Å².